The van der Waals surface area contributed by atoms with Crippen LogP contribution in [-0.4, -0.2) is 5.91 Å². The number of hydrogen-bond acceptors (Lipinski definition) is 1. The van der Waals surface area contributed by atoms with Gasteiger partial charge < -0.3 is 0 Å². The van der Waals surface area contributed by atoms with Crippen molar-refractivity contribution >= 4 is 5.91 Å². The Morgan fingerprint density at radius 3 is 2.05 bits per heavy atom. The first kappa shape index (κ1) is 14.3. The number of nitrogens with zero attached hydrogens (tertiary/aromatic N) is 1. The van der Waals surface area contributed by atoms with Crippen molar-refractivity contribution in [1.29, 1.82) is 0 Å². The van der Waals surface area contributed by atoms with Crippen LogP contribution in [0.3, 0.4) is 0 Å². The number of aryl methyl sites for hydroxylation is 1. The smallest absolute Gasteiger partial charge is 0.264 e. The van der Waals surface area contributed by atoms with Crippen LogP contribution in [0.15, 0.2) is 48.8 Å². The number of nitrogens with one attached hydrogen (secondary N) is 1. The van der Waals surface area contributed by atoms with Gasteiger partial charge in [0.15, 0.2) is 12.4 Å². The summed E-state index contributed by atoms with van der Waals surface area (Å²) in [6.07, 6.45) is 3.66. The third-order valence-corrected chi connectivity index (χ3v) is 3.24. The molecule has 104 valence electrons. The lowest BCUT2D eigenvalue weighted by atomic mass is 9.87. The maximum absolute atomic E-state index is 12.1. The fraction of sp³-hybridized carbons (Fsp3) is 0.294. The summed E-state index contributed by atoms with van der Waals surface area (Å²) >= 11 is 0. The molecule has 0 aliphatic heterocycles. The van der Waals surface area contributed by atoms with Gasteiger partial charge in [0.1, 0.15) is 0 Å². The molecule has 0 fully saturated rings. The van der Waals surface area contributed by atoms with Gasteiger partial charge in [0, 0.05) is 17.7 Å². The molecule has 0 unspecified atom stereocenters. The number of pyridine rings is 1. The average Bonchev–Trinajstić information content (AvgIpc) is 2.40. The Morgan fingerprint density at radius 2 is 1.55 bits per heavy atom. The van der Waals surface area contributed by atoms with E-state index in [1.165, 1.54) is 5.56 Å². The van der Waals surface area contributed by atoms with Gasteiger partial charge in [0.2, 0.25) is 0 Å². The number of carbonyl (C=O) groups excluding carboxylic acids is 1. The summed E-state index contributed by atoms with van der Waals surface area (Å²) in [5.74, 6) is -0.112. The first-order chi connectivity index (χ1) is 9.36. The molecule has 2 aromatic rings. The van der Waals surface area contributed by atoms with Gasteiger partial charge in [-0.3, -0.25) is 4.79 Å². The van der Waals surface area contributed by atoms with Crippen LogP contribution >= 0.6 is 0 Å². The molecule has 0 bridgehead atoms. The Kier molecular flexibility index (Phi) is 3.89. The molecule has 1 aromatic carbocycles. The van der Waals surface area contributed by atoms with E-state index in [1.54, 1.807) is 4.68 Å². The third kappa shape index (κ3) is 3.44. The molecule has 1 amide bonds. The van der Waals surface area contributed by atoms with Crippen molar-refractivity contribution in [3.8, 4) is 0 Å². The Bertz CT molecular complexity index is 592. The van der Waals surface area contributed by atoms with Gasteiger partial charge >= 0.3 is 5.91 Å². The highest BCUT2D eigenvalue weighted by Crippen LogP contribution is 2.22. The molecule has 1 heterocycles. The molecule has 0 aliphatic carbocycles. The van der Waals surface area contributed by atoms with E-state index in [4.69, 9.17) is 0 Å². The molecule has 0 spiro atoms. The van der Waals surface area contributed by atoms with Crippen molar-refractivity contribution in [2.45, 2.75) is 33.1 Å². The molecule has 1 N–H and O–H groups in total. The van der Waals surface area contributed by atoms with Crippen molar-refractivity contribution < 1.29 is 9.47 Å². The van der Waals surface area contributed by atoms with E-state index in [0.717, 1.165) is 5.56 Å². The van der Waals surface area contributed by atoms with Gasteiger partial charge in [-0.25, -0.2) is 0 Å². The van der Waals surface area contributed by atoms with Crippen LogP contribution in [0.5, 0.6) is 0 Å². The van der Waals surface area contributed by atoms with Gasteiger partial charge in [-0.2, -0.15) is 0 Å². The number of aromatic nitrogens is 1. The van der Waals surface area contributed by atoms with Crippen molar-refractivity contribution in [2.24, 2.45) is 0 Å². The molecule has 2 rings (SSSR count). The van der Waals surface area contributed by atoms with Crippen molar-refractivity contribution in [3.63, 3.8) is 0 Å². The molecular formula is C17H21N2O+. The quantitative estimate of drug-likeness (QED) is 0.835. The number of hydrogen-bond donors (Lipinski definition) is 1. The molecule has 20 heavy (non-hydrogen) atoms. The highest BCUT2D eigenvalue weighted by molar-refractivity contribution is 5.98. The van der Waals surface area contributed by atoms with Gasteiger partial charge in [-0.05, 0) is 35.6 Å². The molecule has 0 saturated carbocycles. The molecule has 0 saturated heterocycles. The summed E-state index contributed by atoms with van der Waals surface area (Å²) in [6, 6.07) is 11.6. The number of benzene rings is 1. The van der Waals surface area contributed by atoms with Crippen LogP contribution in [-0.2, 0) is 5.41 Å². The Labute approximate surface area is 120 Å². The Hall–Kier alpha value is -2.16. The van der Waals surface area contributed by atoms with Crippen LogP contribution in [0, 0.1) is 6.92 Å². The second-order valence-corrected chi connectivity index (χ2v) is 6.05. The van der Waals surface area contributed by atoms with Crippen LogP contribution in [0.25, 0.3) is 0 Å². The lowest BCUT2D eigenvalue weighted by Crippen LogP contribution is -2.47. The maximum atomic E-state index is 12.1. The molecular weight excluding hydrogens is 248 g/mol. The average molecular weight is 269 g/mol. The van der Waals surface area contributed by atoms with E-state index in [0.29, 0.717) is 5.56 Å². The summed E-state index contributed by atoms with van der Waals surface area (Å²) in [5, 5.41) is 0. The minimum Gasteiger partial charge on any atom is -0.264 e. The summed E-state index contributed by atoms with van der Waals surface area (Å²) < 4.78 is 1.66. The molecule has 0 atom stereocenters. The lowest BCUT2D eigenvalue weighted by Gasteiger charge is -2.18. The maximum Gasteiger partial charge on any atom is 0.305 e. The fourth-order valence-corrected chi connectivity index (χ4v) is 1.88. The number of amides is 1. The SMILES string of the molecule is Cc1cc[n+](NC(=O)c2ccc(C(C)(C)C)cc2)cc1. The van der Waals surface area contributed by atoms with Gasteiger partial charge in [-0.15, -0.1) is 5.43 Å². The zero-order valence-corrected chi connectivity index (χ0v) is 12.5. The minimum atomic E-state index is -0.112. The van der Waals surface area contributed by atoms with E-state index < -0.39 is 0 Å². The fourth-order valence-electron chi connectivity index (χ4n) is 1.88. The highest BCUT2D eigenvalue weighted by Gasteiger charge is 2.15. The van der Waals surface area contributed by atoms with E-state index in [1.807, 2.05) is 55.7 Å². The van der Waals surface area contributed by atoms with Crippen molar-refractivity contribution in [3.05, 3.63) is 65.5 Å². The topological polar surface area (TPSA) is 33.0 Å². The van der Waals surface area contributed by atoms with Gasteiger partial charge in [0.05, 0.1) is 0 Å². The van der Waals surface area contributed by atoms with E-state index in [-0.39, 0.29) is 11.3 Å². The minimum absolute atomic E-state index is 0.0979. The molecule has 1 aromatic heterocycles. The Morgan fingerprint density at radius 1 is 1.00 bits per heavy atom. The standard InChI is InChI=1S/C17H20N2O/c1-13-9-11-19(12-10-13)18-16(20)14-5-7-15(8-6-14)17(2,3)4/h5-12H,1-4H3/p+1. The molecule has 3 nitrogen and oxygen atoms in total. The largest absolute Gasteiger partial charge is 0.305 e. The summed E-state index contributed by atoms with van der Waals surface area (Å²) in [5.41, 5.74) is 5.95. The predicted octanol–water partition coefficient (Wildman–Crippen LogP) is 2.96. The second-order valence-electron chi connectivity index (χ2n) is 6.05. The Balaban J connectivity index is 2.11. The molecule has 3 heteroatoms. The zero-order chi connectivity index (χ0) is 14.8. The van der Waals surface area contributed by atoms with Crippen LogP contribution < -0.4 is 10.1 Å². The molecule has 0 radical (unpaired) electrons. The zero-order valence-electron chi connectivity index (χ0n) is 12.5. The van der Waals surface area contributed by atoms with Crippen molar-refractivity contribution in [2.75, 3.05) is 5.43 Å². The normalized spacial score (nSPS) is 11.2. The molecule has 0 aliphatic rings. The van der Waals surface area contributed by atoms with E-state index >= 15 is 0 Å². The van der Waals surface area contributed by atoms with Gasteiger partial charge in [0.25, 0.3) is 0 Å². The highest BCUT2D eigenvalue weighted by atomic mass is 16.2. The monoisotopic (exact) mass is 269 g/mol. The van der Waals surface area contributed by atoms with E-state index in [2.05, 4.69) is 26.2 Å². The van der Waals surface area contributed by atoms with Crippen LogP contribution in [0.4, 0.5) is 0 Å². The van der Waals surface area contributed by atoms with Gasteiger partial charge in [-0.1, -0.05) is 37.6 Å². The number of carbonyl (C=O) groups is 1. The summed E-state index contributed by atoms with van der Waals surface area (Å²) in [4.78, 5) is 12.1. The lowest BCUT2D eigenvalue weighted by molar-refractivity contribution is -0.641. The first-order valence-corrected chi connectivity index (χ1v) is 6.76. The summed E-state index contributed by atoms with van der Waals surface area (Å²) in [7, 11) is 0. The van der Waals surface area contributed by atoms with Crippen LogP contribution in [0.2, 0.25) is 0 Å². The third-order valence-electron chi connectivity index (χ3n) is 3.24. The van der Waals surface area contributed by atoms with Crippen LogP contribution in [0.1, 0.15) is 42.3 Å². The first-order valence-electron chi connectivity index (χ1n) is 6.76. The summed E-state index contributed by atoms with van der Waals surface area (Å²) in [6.45, 7) is 8.48. The number of rotatable bonds is 2. The predicted molar refractivity (Wildman–Crippen MR) is 80.2 cm³/mol. The van der Waals surface area contributed by atoms with E-state index in [9.17, 15) is 4.79 Å². The van der Waals surface area contributed by atoms with Crippen molar-refractivity contribution in [1.82, 2.24) is 0 Å². The second kappa shape index (κ2) is 5.45.